The number of nitriles is 1. The van der Waals surface area contributed by atoms with Crippen molar-refractivity contribution >= 4 is 11.8 Å². The molecule has 6 heteroatoms. The largest absolute Gasteiger partial charge is 0.394 e. The van der Waals surface area contributed by atoms with Crippen LogP contribution in [0.25, 0.3) is 11.1 Å². The van der Waals surface area contributed by atoms with Crippen molar-refractivity contribution in [3.05, 3.63) is 59.7 Å². The van der Waals surface area contributed by atoms with Crippen molar-refractivity contribution in [1.82, 2.24) is 9.80 Å². The number of benzene rings is 2. The van der Waals surface area contributed by atoms with Crippen LogP contribution in [0.4, 0.5) is 0 Å². The highest BCUT2D eigenvalue weighted by atomic mass is 16.3. The summed E-state index contributed by atoms with van der Waals surface area (Å²) in [5.41, 5.74) is 3.30. The lowest BCUT2D eigenvalue weighted by molar-refractivity contribution is -0.151. The molecule has 32 heavy (non-hydrogen) atoms. The van der Waals surface area contributed by atoms with Crippen molar-refractivity contribution in [3.63, 3.8) is 0 Å². The van der Waals surface area contributed by atoms with Crippen molar-refractivity contribution < 1.29 is 14.7 Å². The summed E-state index contributed by atoms with van der Waals surface area (Å²) in [6.45, 7) is -0.186. The number of likely N-dealkylation sites (tertiary alicyclic amines) is 1. The molecule has 166 valence electrons. The SMILES string of the molecule is CN(C)C(=O)c1cccc(-c2ccccc2[C@@H]2[C@@H](C#N)N(C(=O)C3CCCC3)[C@H]2CO)c1. The molecule has 6 nitrogen and oxygen atoms in total. The summed E-state index contributed by atoms with van der Waals surface area (Å²) in [6, 6.07) is 16.5. The normalized spacial score (nSPS) is 22.8. The zero-order chi connectivity index (χ0) is 22.8. The van der Waals surface area contributed by atoms with Crippen LogP contribution in [0.15, 0.2) is 48.5 Å². The monoisotopic (exact) mass is 431 g/mol. The molecule has 0 spiro atoms. The summed E-state index contributed by atoms with van der Waals surface area (Å²) in [4.78, 5) is 28.7. The Morgan fingerprint density at radius 3 is 2.50 bits per heavy atom. The third-order valence-electron chi connectivity index (χ3n) is 6.84. The van der Waals surface area contributed by atoms with Crippen LogP contribution >= 0.6 is 0 Å². The second-order valence-corrected chi connectivity index (χ2v) is 8.94. The summed E-state index contributed by atoms with van der Waals surface area (Å²) >= 11 is 0. The smallest absolute Gasteiger partial charge is 0.253 e. The number of aliphatic hydroxyl groups is 1. The van der Waals surface area contributed by atoms with Gasteiger partial charge in [0.1, 0.15) is 6.04 Å². The molecule has 1 N–H and O–H groups in total. The predicted molar refractivity (Wildman–Crippen MR) is 122 cm³/mol. The molecule has 3 atom stereocenters. The first-order chi connectivity index (χ1) is 15.5. The van der Waals surface area contributed by atoms with E-state index in [0.717, 1.165) is 42.4 Å². The Balaban J connectivity index is 1.69. The molecule has 2 amide bonds. The molecule has 0 aromatic heterocycles. The number of hydrogen-bond donors (Lipinski definition) is 1. The highest BCUT2D eigenvalue weighted by Crippen LogP contribution is 2.45. The summed E-state index contributed by atoms with van der Waals surface area (Å²) in [5, 5.41) is 20.1. The van der Waals surface area contributed by atoms with Gasteiger partial charge in [-0.25, -0.2) is 0 Å². The molecule has 2 aliphatic rings. The fraction of sp³-hybridized carbons (Fsp3) is 0.423. The number of rotatable bonds is 5. The van der Waals surface area contributed by atoms with Gasteiger partial charge in [-0.05, 0) is 41.7 Å². The number of carbonyl (C=O) groups is 2. The Hall–Kier alpha value is -3.17. The van der Waals surface area contributed by atoms with Crippen molar-refractivity contribution in [2.24, 2.45) is 5.92 Å². The number of nitrogens with zero attached hydrogens (tertiary/aromatic N) is 3. The molecule has 1 aliphatic heterocycles. The molecule has 1 saturated carbocycles. The van der Waals surface area contributed by atoms with E-state index in [4.69, 9.17) is 0 Å². The van der Waals surface area contributed by atoms with Gasteiger partial charge in [0.2, 0.25) is 5.91 Å². The fourth-order valence-corrected chi connectivity index (χ4v) is 5.20. The van der Waals surface area contributed by atoms with Gasteiger partial charge in [0.15, 0.2) is 0 Å². The quantitative estimate of drug-likeness (QED) is 0.786. The lowest BCUT2D eigenvalue weighted by Gasteiger charge is -2.52. The van der Waals surface area contributed by atoms with Gasteiger partial charge < -0.3 is 14.9 Å². The van der Waals surface area contributed by atoms with Gasteiger partial charge in [-0.15, -0.1) is 0 Å². The molecule has 0 unspecified atom stereocenters. The molecule has 2 aromatic carbocycles. The van der Waals surface area contributed by atoms with E-state index in [1.165, 1.54) is 4.90 Å². The summed E-state index contributed by atoms with van der Waals surface area (Å²) in [6.07, 6.45) is 3.80. The zero-order valence-corrected chi connectivity index (χ0v) is 18.6. The van der Waals surface area contributed by atoms with Crippen molar-refractivity contribution in [1.29, 1.82) is 5.26 Å². The van der Waals surface area contributed by atoms with Gasteiger partial charge in [-0.3, -0.25) is 9.59 Å². The van der Waals surface area contributed by atoms with Crippen LogP contribution < -0.4 is 0 Å². The first kappa shape index (κ1) is 22.0. The third-order valence-corrected chi connectivity index (χ3v) is 6.84. The lowest BCUT2D eigenvalue weighted by atomic mass is 9.72. The Morgan fingerprint density at radius 2 is 1.84 bits per heavy atom. The maximum Gasteiger partial charge on any atom is 0.253 e. The Morgan fingerprint density at radius 1 is 1.12 bits per heavy atom. The Kier molecular flexibility index (Phi) is 6.29. The zero-order valence-electron chi connectivity index (χ0n) is 18.6. The Labute approximate surface area is 189 Å². The summed E-state index contributed by atoms with van der Waals surface area (Å²) in [7, 11) is 3.44. The highest BCUT2D eigenvalue weighted by Gasteiger charge is 2.53. The van der Waals surface area contributed by atoms with E-state index >= 15 is 0 Å². The molecule has 0 radical (unpaired) electrons. The van der Waals surface area contributed by atoms with Gasteiger partial charge in [0.05, 0.1) is 18.7 Å². The topological polar surface area (TPSA) is 84.6 Å². The van der Waals surface area contributed by atoms with E-state index in [0.29, 0.717) is 5.56 Å². The van der Waals surface area contributed by atoms with Crippen molar-refractivity contribution in [2.75, 3.05) is 20.7 Å². The predicted octanol–water partition coefficient (Wildman–Crippen LogP) is 3.42. The van der Waals surface area contributed by atoms with Crippen LogP contribution in [-0.2, 0) is 4.79 Å². The highest BCUT2D eigenvalue weighted by molar-refractivity contribution is 5.95. The van der Waals surface area contributed by atoms with Gasteiger partial charge in [0.25, 0.3) is 5.91 Å². The van der Waals surface area contributed by atoms with Crippen LogP contribution in [0.2, 0.25) is 0 Å². The minimum absolute atomic E-state index is 0.000378. The van der Waals surface area contributed by atoms with E-state index in [9.17, 15) is 20.0 Å². The minimum Gasteiger partial charge on any atom is -0.394 e. The average molecular weight is 432 g/mol. The molecule has 2 fully saturated rings. The van der Waals surface area contributed by atoms with Crippen molar-refractivity contribution in [3.8, 4) is 17.2 Å². The standard InChI is InChI=1S/C26H29N3O3/c1-28(2)25(31)19-11-7-10-18(14-19)20-12-5-6-13-21(20)24-22(15-27)29(23(24)16-30)26(32)17-8-3-4-9-17/h5-7,10-14,17,22-24,30H,3-4,8-9,16H2,1-2H3/t22-,23+,24-/m1/s1. The molecule has 1 aliphatic carbocycles. The molecule has 1 saturated heterocycles. The van der Waals surface area contributed by atoms with E-state index in [2.05, 4.69) is 6.07 Å². The molecule has 4 rings (SSSR count). The number of aliphatic hydroxyl groups excluding tert-OH is 1. The van der Waals surface area contributed by atoms with Crippen LogP contribution in [0.5, 0.6) is 0 Å². The summed E-state index contributed by atoms with van der Waals surface area (Å²) in [5.74, 6) is -0.394. The molecular formula is C26H29N3O3. The first-order valence-electron chi connectivity index (χ1n) is 11.2. The number of hydrogen-bond acceptors (Lipinski definition) is 4. The number of carbonyl (C=O) groups excluding carboxylic acids is 2. The van der Waals surface area contributed by atoms with Crippen LogP contribution in [0, 0.1) is 17.2 Å². The van der Waals surface area contributed by atoms with E-state index in [1.807, 2.05) is 42.5 Å². The first-order valence-corrected chi connectivity index (χ1v) is 11.2. The van der Waals surface area contributed by atoms with E-state index in [1.54, 1.807) is 25.1 Å². The van der Waals surface area contributed by atoms with Crippen molar-refractivity contribution in [2.45, 2.75) is 43.7 Å². The molecule has 0 bridgehead atoms. The van der Waals surface area contributed by atoms with Crippen LogP contribution in [-0.4, -0.2) is 59.5 Å². The minimum atomic E-state index is -0.604. The average Bonchev–Trinajstić information content (AvgIpc) is 3.34. The second-order valence-electron chi connectivity index (χ2n) is 8.94. The van der Waals surface area contributed by atoms with Gasteiger partial charge in [0, 0.05) is 31.5 Å². The van der Waals surface area contributed by atoms with E-state index in [-0.39, 0.29) is 30.3 Å². The van der Waals surface area contributed by atoms with Gasteiger partial charge in [-0.2, -0.15) is 5.26 Å². The molecule has 2 aromatic rings. The summed E-state index contributed by atoms with van der Waals surface area (Å²) < 4.78 is 0. The number of amides is 2. The Bertz CT molecular complexity index is 1050. The molecule has 1 heterocycles. The second kappa shape index (κ2) is 9.13. The lowest BCUT2D eigenvalue weighted by Crippen LogP contribution is -2.66. The van der Waals surface area contributed by atoms with E-state index < -0.39 is 12.1 Å². The van der Waals surface area contributed by atoms with Crippen LogP contribution in [0.3, 0.4) is 0 Å². The maximum absolute atomic E-state index is 13.1. The molecular weight excluding hydrogens is 402 g/mol. The van der Waals surface area contributed by atoms with Crippen LogP contribution in [0.1, 0.15) is 47.5 Å². The van der Waals surface area contributed by atoms with Gasteiger partial charge in [-0.1, -0.05) is 49.2 Å². The van der Waals surface area contributed by atoms with Gasteiger partial charge >= 0.3 is 0 Å². The third kappa shape index (κ3) is 3.78. The fourth-order valence-electron chi connectivity index (χ4n) is 5.20. The maximum atomic E-state index is 13.1.